The van der Waals surface area contributed by atoms with Crippen molar-refractivity contribution in [3.63, 3.8) is 0 Å². The molecule has 10 heteroatoms. The molecule has 0 spiro atoms. The minimum atomic E-state index is -1.03. The number of aryl methyl sites for hydroxylation is 1. The topological polar surface area (TPSA) is 115 Å². The number of anilines is 1. The van der Waals surface area contributed by atoms with Crippen LogP contribution >= 0.6 is 11.3 Å². The third kappa shape index (κ3) is 6.91. The minimum absolute atomic E-state index is 0.0940. The number of hydrogen-bond donors (Lipinski definition) is 1. The van der Waals surface area contributed by atoms with Gasteiger partial charge in [-0.05, 0) is 68.7 Å². The Hall–Kier alpha value is -4.18. The standard InChI is InChI=1S/C33H38N2O7S/c1-6-9-10-18-42-25-16-13-23(19-26(25)40-8-3)28-27(29(37)22-11-14-24(15-12-22)41-17-7-2)30(38)32(39)35(28)33-34-20(4)31(43-33)21(5)36/h11-16,19,28,37H,6-10,17-18H2,1-5H3. The van der Waals surface area contributed by atoms with Gasteiger partial charge < -0.3 is 19.3 Å². The number of carbonyl (C=O) groups excluding carboxylic acids is 3. The van der Waals surface area contributed by atoms with Gasteiger partial charge in [-0.15, -0.1) is 0 Å². The summed E-state index contributed by atoms with van der Waals surface area (Å²) in [6, 6.07) is 10.9. The predicted molar refractivity (Wildman–Crippen MR) is 166 cm³/mol. The Labute approximate surface area is 256 Å². The van der Waals surface area contributed by atoms with Crippen LogP contribution in [0, 0.1) is 6.92 Å². The maximum atomic E-state index is 13.6. The number of carbonyl (C=O) groups is 3. The smallest absolute Gasteiger partial charge is 0.301 e. The van der Waals surface area contributed by atoms with E-state index in [4.69, 9.17) is 14.2 Å². The second-order valence-electron chi connectivity index (χ2n) is 10.2. The highest BCUT2D eigenvalue weighted by Crippen LogP contribution is 2.45. The zero-order chi connectivity index (χ0) is 31.1. The third-order valence-corrected chi connectivity index (χ3v) is 8.20. The van der Waals surface area contributed by atoms with E-state index in [0.717, 1.165) is 37.0 Å². The number of aromatic nitrogens is 1. The lowest BCUT2D eigenvalue weighted by atomic mass is 9.95. The second-order valence-corrected chi connectivity index (χ2v) is 11.2. The molecule has 0 aliphatic carbocycles. The van der Waals surface area contributed by atoms with Crippen LogP contribution in [0.4, 0.5) is 5.13 Å². The molecule has 9 nitrogen and oxygen atoms in total. The normalized spacial score (nSPS) is 16.0. The molecule has 1 amide bonds. The molecule has 1 aromatic heterocycles. The largest absolute Gasteiger partial charge is 0.507 e. The van der Waals surface area contributed by atoms with Crippen molar-refractivity contribution in [1.29, 1.82) is 0 Å². The summed E-state index contributed by atoms with van der Waals surface area (Å²) in [5, 5.41) is 11.7. The summed E-state index contributed by atoms with van der Waals surface area (Å²) in [7, 11) is 0. The first kappa shape index (κ1) is 31.7. The van der Waals surface area contributed by atoms with Gasteiger partial charge in [-0.2, -0.15) is 0 Å². The third-order valence-electron chi connectivity index (χ3n) is 6.94. The molecule has 0 radical (unpaired) electrons. The quantitative estimate of drug-likeness (QED) is 0.0683. The van der Waals surface area contributed by atoms with Crippen LogP contribution in [0.5, 0.6) is 17.2 Å². The van der Waals surface area contributed by atoms with Gasteiger partial charge in [0.25, 0.3) is 5.78 Å². The summed E-state index contributed by atoms with van der Waals surface area (Å²) in [5.41, 5.74) is 1.24. The van der Waals surface area contributed by atoms with Crippen LogP contribution < -0.4 is 19.1 Å². The van der Waals surface area contributed by atoms with E-state index in [9.17, 15) is 19.5 Å². The van der Waals surface area contributed by atoms with E-state index in [0.29, 0.717) is 58.8 Å². The average Bonchev–Trinajstić information content (AvgIpc) is 3.51. The van der Waals surface area contributed by atoms with Crippen molar-refractivity contribution in [1.82, 2.24) is 4.98 Å². The highest BCUT2D eigenvalue weighted by Gasteiger charge is 2.48. The van der Waals surface area contributed by atoms with Crippen molar-refractivity contribution in [2.24, 2.45) is 0 Å². The zero-order valence-corrected chi connectivity index (χ0v) is 26.1. The van der Waals surface area contributed by atoms with E-state index in [1.54, 1.807) is 49.4 Å². The van der Waals surface area contributed by atoms with Crippen molar-refractivity contribution in [3.8, 4) is 17.2 Å². The number of benzene rings is 2. The first-order valence-electron chi connectivity index (χ1n) is 14.6. The van der Waals surface area contributed by atoms with E-state index in [1.807, 2.05) is 13.8 Å². The Morgan fingerprint density at radius 1 is 0.953 bits per heavy atom. The lowest BCUT2D eigenvalue weighted by Crippen LogP contribution is -2.29. The summed E-state index contributed by atoms with van der Waals surface area (Å²) in [6.07, 6.45) is 3.85. The van der Waals surface area contributed by atoms with Crippen molar-refractivity contribution in [3.05, 3.63) is 69.7 Å². The summed E-state index contributed by atoms with van der Waals surface area (Å²) in [5.74, 6) is -0.598. The van der Waals surface area contributed by atoms with Crippen molar-refractivity contribution < 1.29 is 33.7 Å². The lowest BCUT2D eigenvalue weighted by Gasteiger charge is -2.24. The Bertz CT molecular complexity index is 1510. The Kier molecular flexibility index (Phi) is 10.6. The fourth-order valence-corrected chi connectivity index (χ4v) is 5.85. The number of nitrogens with zero attached hydrogens (tertiary/aromatic N) is 2. The van der Waals surface area contributed by atoms with Gasteiger partial charge in [-0.1, -0.05) is 44.1 Å². The first-order chi connectivity index (χ1) is 20.7. The number of ketones is 2. The van der Waals surface area contributed by atoms with Gasteiger partial charge in [-0.25, -0.2) is 4.98 Å². The lowest BCUT2D eigenvalue weighted by molar-refractivity contribution is -0.132. The molecule has 0 bridgehead atoms. The van der Waals surface area contributed by atoms with Gasteiger partial charge in [0.05, 0.1) is 42.0 Å². The first-order valence-corrected chi connectivity index (χ1v) is 15.4. The number of unbranched alkanes of at least 4 members (excludes halogenated alkanes) is 2. The van der Waals surface area contributed by atoms with Crippen LogP contribution in [0.2, 0.25) is 0 Å². The van der Waals surface area contributed by atoms with Crippen molar-refractivity contribution in [2.75, 3.05) is 24.7 Å². The summed E-state index contributed by atoms with van der Waals surface area (Å²) in [4.78, 5) is 45.6. The van der Waals surface area contributed by atoms with E-state index in [1.165, 1.54) is 11.8 Å². The van der Waals surface area contributed by atoms with Crippen LogP contribution in [0.1, 0.15) is 85.9 Å². The molecule has 2 aromatic carbocycles. The molecule has 2 heterocycles. The molecule has 1 saturated heterocycles. The molecule has 1 aliphatic rings. The number of ether oxygens (including phenoxy) is 3. The molecule has 228 valence electrons. The number of rotatable bonds is 14. The fourth-order valence-electron chi connectivity index (χ4n) is 4.86. The fraction of sp³-hybridized carbons (Fsp3) is 0.394. The molecule has 1 fully saturated rings. The summed E-state index contributed by atoms with van der Waals surface area (Å²) < 4.78 is 17.6. The summed E-state index contributed by atoms with van der Waals surface area (Å²) >= 11 is 1.04. The number of hydrogen-bond acceptors (Lipinski definition) is 9. The molecule has 1 unspecified atom stereocenters. The maximum absolute atomic E-state index is 13.6. The summed E-state index contributed by atoms with van der Waals surface area (Å²) in [6.45, 7) is 10.5. The average molecular weight is 607 g/mol. The van der Waals surface area contributed by atoms with E-state index >= 15 is 0 Å². The van der Waals surface area contributed by atoms with Crippen LogP contribution in [-0.4, -0.2) is 47.4 Å². The number of Topliss-reactive ketones (excluding diaryl/α,β-unsaturated/α-hetero) is 2. The highest BCUT2D eigenvalue weighted by atomic mass is 32.1. The van der Waals surface area contributed by atoms with Crippen LogP contribution in [0.15, 0.2) is 48.0 Å². The number of amides is 1. The number of thiazole rings is 1. The maximum Gasteiger partial charge on any atom is 0.301 e. The number of aliphatic hydroxyl groups is 1. The second kappa shape index (κ2) is 14.3. The van der Waals surface area contributed by atoms with E-state index < -0.39 is 17.7 Å². The van der Waals surface area contributed by atoms with Gasteiger partial charge in [0, 0.05) is 12.5 Å². The SMILES string of the molecule is CCCCCOc1ccc(C2C(=C(O)c3ccc(OCCC)cc3)C(=O)C(=O)N2c2nc(C)c(C(C)=O)s2)cc1OCC. The van der Waals surface area contributed by atoms with E-state index in [-0.39, 0.29) is 22.2 Å². The van der Waals surface area contributed by atoms with Crippen LogP contribution in [0.3, 0.4) is 0 Å². The molecule has 43 heavy (non-hydrogen) atoms. The molecule has 1 N–H and O–H groups in total. The highest BCUT2D eigenvalue weighted by molar-refractivity contribution is 7.18. The Morgan fingerprint density at radius 2 is 1.70 bits per heavy atom. The molecule has 4 rings (SSSR count). The molecule has 0 saturated carbocycles. The van der Waals surface area contributed by atoms with Crippen LogP contribution in [0.25, 0.3) is 5.76 Å². The Morgan fingerprint density at radius 3 is 2.33 bits per heavy atom. The molecular formula is C33H38N2O7S. The van der Waals surface area contributed by atoms with E-state index in [2.05, 4.69) is 11.9 Å². The zero-order valence-electron chi connectivity index (χ0n) is 25.3. The van der Waals surface area contributed by atoms with Crippen molar-refractivity contribution in [2.45, 2.75) is 66.3 Å². The van der Waals surface area contributed by atoms with Gasteiger partial charge in [0.15, 0.2) is 22.4 Å². The monoisotopic (exact) mass is 606 g/mol. The van der Waals surface area contributed by atoms with Gasteiger partial charge in [-0.3, -0.25) is 19.3 Å². The Balaban J connectivity index is 1.85. The molecule has 1 atom stereocenters. The molecular weight excluding hydrogens is 568 g/mol. The van der Waals surface area contributed by atoms with Crippen LogP contribution in [-0.2, 0) is 9.59 Å². The van der Waals surface area contributed by atoms with Gasteiger partial charge in [0.2, 0.25) is 0 Å². The molecule has 1 aliphatic heterocycles. The van der Waals surface area contributed by atoms with Crippen molar-refractivity contribution >= 4 is 39.7 Å². The van der Waals surface area contributed by atoms with Gasteiger partial charge >= 0.3 is 5.91 Å². The van der Waals surface area contributed by atoms with Gasteiger partial charge in [0.1, 0.15) is 11.5 Å². The predicted octanol–water partition coefficient (Wildman–Crippen LogP) is 7.04. The number of aliphatic hydroxyl groups excluding tert-OH is 1. The minimum Gasteiger partial charge on any atom is -0.507 e. The molecule has 3 aromatic rings.